The Morgan fingerprint density at radius 1 is 1.19 bits per heavy atom. The molecular weight excluding hydrogens is 344 g/mol. The molecule has 0 spiro atoms. The van der Waals surface area contributed by atoms with Crippen molar-refractivity contribution >= 4 is 17.4 Å². The Balaban J connectivity index is 1.56. The first kappa shape index (κ1) is 15.7. The lowest BCUT2D eigenvalue weighted by Gasteiger charge is -2.10. The largest absolute Gasteiger partial charge is 0.478 e. The van der Waals surface area contributed by atoms with E-state index in [1.165, 1.54) is 0 Å². The van der Waals surface area contributed by atoms with Crippen LogP contribution in [0.4, 0.5) is 11.8 Å². The average Bonchev–Trinajstić information content (AvgIpc) is 3.24. The molecule has 0 unspecified atom stereocenters. The number of nitrogens with zero attached hydrogens (tertiary/aromatic N) is 7. The second kappa shape index (κ2) is 6.04. The number of hydrogen-bond acceptors (Lipinski definition) is 7. The highest BCUT2D eigenvalue weighted by molar-refractivity contribution is 5.67. The van der Waals surface area contributed by atoms with Crippen molar-refractivity contribution in [2.45, 2.75) is 19.3 Å². The first-order chi connectivity index (χ1) is 13.2. The van der Waals surface area contributed by atoms with E-state index in [2.05, 4.69) is 37.5 Å². The van der Waals surface area contributed by atoms with Gasteiger partial charge in [0, 0.05) is 36.9 Å². The first-order valence-electron chi connectivity index (χ1n) is 8.79. The first-order valence-corrected chi connectivity index (χ1v) is 8.79. The van der Waals surface area contributed by atoms with Gasteiger partial charge in [0.1, 0.15) is 11.6 Å². The summed E-state index contributed by atoms with van der Waals surface area (Å²) in [6.07, 6.45) is 4.35. The molecule has 27 heavy (non-hydrogen) atoms. The molecule has 0 aliphatic carbocycles. The summed E-state index contributed by atoms with van der Waals surface area (Å²) in [7, 11) is 1.86. The zero-order valence-electron chi connectivity index (χ0n) is 15.0. The third-order valence-corrected chi connectivity index (χ3v) is 4.75. The van der Waals surface area contributed by atoms with Crippen molar-refractivity contribution in [1.29, 1.82) is 0 Å². The molecule has 4 aromatic rings. The van der Waals surface area contributed by atoms with Crippen molar-refractivity contribution in [3.05, 3.63) is 42.5 Å². The van der Waals surface area contributed by atoms with E-state index in [0.717, 1.165) is 40.8 Å². The Kier molecular flexibility index (Phi) is 3.52. The van der Waals surface area contributed by atoms with Gasteiger partial charge < -0.3 is 10.1 Å². The van der Waals surface area contributed by atoms with Gasteiger partial charge in [-0.2, -0.15) is 5.10 Å². The smallest absolute Gasteiger partial charge is 0.228 e. The standard InChI is InChI=1S/C18H18N8O/c1-11-5-8-27-16-10-12(9-15-23-24-17(11)26(15)16)13-3-6-19-18(21-13)22-14-4-7-20-25(14)2/h3-4,6-7,9-11H,5,8H2,1-2H3,(H,19,21,22)/t11-/m0/s1. The van der Waals surface area contributed by atoms with E-state index in [1.807, 2.05) is 35.7 Å². The van der Waals surface area contributed by atoms with Gasteiger partial charge in [-0.25, -0.2) is 14.4 Å². The van der Waals surface area contributed by atoms with Crippen LogP contribution in [0.5, 0.6) is 5.88 Å². The number of aromatic nitrogens is 7. The fourth-order valence-corrected chi connectivity index (χ4v) is 3.24. The summed E-state index contributed by atoms with van der Waals surface area (Å²) < 4.78 is 9.66. The van der Waals surface area contributed by atoms with Crippen molar-refractivity contribution in [3.8, 4) is 17.1 Å². The van der Waals surface area contributed by atoms with Crippen LogP contribution in [0, 0.1) is 0 Å². The lowest BCUT2D eigenvalue weighted by molar-refractivity contribution is 0.299. The molecule has 0 amide bonds. The highest BCUT2D eigenvalue weighted by Crippen LogP contribution is 2.31. The summed E-state index contributed by atoms with van der Waals surface area (Å²) in [6.45, 7) is 2.80. The van der Waals surface area contributed by atoms with E-state index in [4.69, 9.17) is 4.74 Å². The SMILES string of the molecule is C[C@H]1CCOc2cc(-c3ccnc(Nc4ccnn4C)n3)cc3nnc1n23. The van der Waals surface area contributed by atoms with Crippen LogP contribution in [0.25, 0.3) is 16.9 Å². The highest BCUT2D eigenvalue weighted by atomic mass is 16.5. The van der Waals surface area contributed by atoms with Gasteiger partial charge in [0.15, 0.2) is 5.65 Å². The zero-order valence-corrected chi connectivity index (χ0v) is 15.0. The Bertz CT molecular complexity index is 1130. The molecule has 1 aliphatic rings. The number of hydrogen-bond donors (Lipinski definition) is 1. The van der Waals surface area contributed by atoms with Crippen molar-refractivity contribution in [2.75, 3.05) is 11.9 Å². The van der Waals surface area contributed by atoms with Crippen LogP contribution in [-0.2, 0) is 7.05 Å². The minimum atomic E-state index is 0.306. The normalized spacial score (nSPS) is 16.1. The summed E-state index contributed by atoms with van der Waals surface area (Å²) in [5, 5.41) is 16.0. The molecule has 4 aromatic heterocycles. The van der Waals surface area contributed by atoms with E-state index in [1.54, 1.807) is 17.1 Å². The number of pyridine rings is 1. The molecule has 0 radical (unpaired) electrons. The molecule has 0 fully saturated rings. The van der Waals surface area contributed by atoms with Gasteiger partial charge in [0.25, 0.3) is 0 Å². The van der Waals surface area contributed by atoms with Crippen LogP contribution < -0.4 is 10.1 Å². The Hall–Kier alpha value is -3.49. The third-order valence-electron chi connectivity index (χ3n) is 4.75. The fraction of sp³-hybridized carbons (Fsp3) is 0.278. The number of rotatable bonds is 3. The van der Waals surface area contributed by atoms with Crippen LogP contribution in [-0.4, -0.2) is 41.0 Å². The molecule has 1 aliphatic heterocycles. The minimum absolute atomic E-state index is 0.306. The molecule has 0 saturated carbocycles. The number of anilines is 2. The fourth-order valence-electron chi connectivity index (χ4n) is 3.24. The quantitative estimate of drug-likeness (QED) is 0.598. The second-order valence-electron chi connectivity index (χ2n) is 6.60. The number of ether oxygens (including phenoxy) is 1. The Morgan fingerprint density at radius 3 is 2.96 bits per heavy atom. The summed E-state index contributed by atoms with van der Waals surface area (Å²) >= 11 is 0. The van der Waals surface area contributed by atoms with Crippen molar-refractivity contribution < 1.29 is 4.74 Å². The lowest BCUT2D eigenvalue weighted by Crippen LogP contribution is -2.03. The van der Waals surface area contributed by atoms with Crippen LogP contribution >= 0.6 is 0 Å². The Morgan fingerprint density at radius 2 is 2.11 bits per heavy atom. The molecule has 9 heteroatoms. The van der Waals surface area contributed by atoms with Gasteiger partial charge >= 0.3 is 0 Å². The second-order valence-corrected chi connectivity index (χ2v) is 6.60. The maximum absolute atomic E-state index is 5.95. The van der Waals surface area contributed by atoms with Gasteiger partial charge in [-0.15, -0.1) is 10.2 Å². The molecule has 0 saturated heterocycles. The van der Waals surface area contributed by atoms with E-state index in [-0.39, 0.29) is 0 Å². The molecular formula is C18H18N8O. The van der Waals surface area contributed by atoms with Crippen LogP contribution in [0.15, 0.2) is 36.7 Å². The van der Waals surface area contributed by atoms with E-state index in [9.17, 15) is 0 Å². The van der Waals surface area contributed by atoms with Crippen molar-refractivity contribution in [3.63, 3.8) is 0 Å². The topological polar surface area (TPSA) is 95.0 Å². The minimum Gasteiger partial charge on any atom is -0.478 e. The predicted molar refractivity (Wildman–Crippen MR) is 99.0 cm³/mol. The molecule has 1 atom stereocenters. The lowest BCUT2D eigenvalue weighted by atomic mass is 10.1. The zero-order chi connectivity index (χ0) is 18.4. The average molecular weight is 362 g/mol. The number of nitrogens with one attached hydrogen (secondary N) is 1. The number of aryl methyl sites for hydroxylation is 1. The molecule has 136 valence electrons. The molecule has 5 heterocycles. The summed E-state index contributed by atoms with van der Waals surface area (Å²) in [4.78, 5) is 8.93. The summed E-state index contributed by atoms with van der Waals surface area (Å²) in [6, 6.07) is 7.68. The van der Waals surface area contributed by atoms with E-state index < -0.39 is 0 Å². The van der Waals surface area contributed by atoms with Gasteiger partial charge in [-0.1, -0.05) is 6.92 Å². The molecule has 9 nitrogen and oxygen atoms in total. The van der Waals surface area contributed by atoms with Crippen LogP contribution in [0.1, 0.15) is 25.1 Å². The Labute approximate surface area is 155 Å². The molecule has 0 aromatic carbocycles. The predicted octanol–water partition coefficient (Wildman–Crippen LogP) is 2.55. The monoisotopic (exact) mass is 362 g/mol. The maximum atomic E-state index is 5.95. The van der Waals surface area contributed by atoms with Gasteiger partial charge in [0.2, 0.25) is 11.8 Å². The van der Waals surface area contributed by atoms with Gasteiger partial charge in [-0.05, 0) is 18.6 Å². The van der Waals surface area contributed by atoms with Crippen molar-refractivity contribution in [1.82, 2.24) is 34.3 Å². The van der Waals surface area contributed by atoms with Gasteiger partial charge in [0.05, 0.1) is 18.5 Å². The van der Waals surface area contributed by atoms with Crippen LogP contribution in [0.2, 0.25) is 0 Å². The molecule has 1 N–H and O–H groups in total. The summed E-state index contributed by atoms with van der Waals surface area (Å²) in [5.74, 6) is 3.30. The van der Waals surface area contributed by atoms with Crippen molar-refractivity contribution in [2.24, 2.45) is 7.05 Å². The maximum Gasteiger partial charge on any atom is 0.228 e. The highest BCUT2D eigenvalue weighted by Gasteiger charge is 2.21. The molecule has 0 bridgehead atoms. The summed E-state index contributed by atoms with van der Waals surface area (Å²) in [5.41, 5.74) is 2.44. The van der Waals surface area contributed by atoms with E-state index >= 15 is 0 Å². The van der Waals surface area contributed by atoms with Gasteiger partial charge in [-0.3, -0.25) is 4.68 Å². The van der Waals surface area contributed by atoms with Crippen LogP contribution in [0.3, 0.4) is 0 Å². The van der Waals surface area contributed by atoms with E-state index in [0.29, 0.717) is 18.5 Å². The third kappa shape index (κ3) is 2.67. The molecule has 5 rings (SSSR count).